The molecule has 2 aliphatic rings. The number of likely N-dealkylation sites (tertiary alicyclic amines) is 1. The first-order valence-electron chi connectivity index (χ1n) is 7.60. The van der Waals surface area contributed by atoms with Crippen molar-refractivity contribution in [2.75, 3.05) is 26.2 Å². The molecule has 0 bridgehead atoms. The first-order valence-corrected chi connectivity index (χ1v) is 7.60. The molecule has 110 valence electrons. The van der Waals surface area contributed by atoms with E-state index in [9.17, 15) is 4.79 Å². The average molecular weight is 269 g/mol. The molecule has 3 N–H and O–H groups in total. The van der Waals surface area contributed by atoms with Gasteiger partial charge in [0.25, 0.3) is 0 Å². The molecule has 2 atom stereocenters. The smallest absolute Gasteiger partial charge is 0.237 e. The van der Waals surface area contributed by atoms with Crippen molar-refractivity contribution in [1.29, 1.82) is 0 Å². The predicted molar refractivity (Wildman–Crippen MR) is 74.9 cm³/mol. The van der Waals surface area contributed by atoms with Gasteiger partial charge in [-0.3, -0.25) is 9.69 Å². The fourth-order valence-corrected chi connectivity index (χ4v) is 3.25. The van der Waals surface area contributed by atoms with Crippen LogP contribution in [0.2, 0.25) is 0 Å². The highest BCUT2D eigenvalue weighted by Crippen LogP contribution is 2.24. The van der Waals surface area contributed by atoms with Crippen LogP contribution in [0.15, 0.2) is 0 Å². The maximum atomic E-state index is 12.3. The third kappa shape index (κ3) is 3.91. The lowest BCUT2D eigenvalue weighted by atomic mass is 10.0. The van der Waals surface area contributed by atoms with Crippen molar-refractivity contribution in [2.45, 2.75) is 57.2 Å². The summed E-state index contributed by atoms with van der Waals surface area (Å²) in [6.07, 6.45) is 5.02. The Bertz CT molecular complexity index is 292. The Morgan fingerprint density at radius 2 is 2.16 bits per heavy atom. The van der Waals surface area contributed by atoms with Crippen molar-refractivity contribution < 1.29 is 9.90 Å². The maximum Gasteiger partial charge on any atom is 0.237 e. The van der Waals surface area contributed by atoms with Gasteiger partial charge in [-0.05, 0) is 58.7 Å². The molecule has 0 aliphatic carbocycles. The van der Waals surface area contributed by atoms with Gasteiger partial charge in [-0.2, -0.15) is 0 Å². The first kappa shape index (κ1) is 14.8. The lowest BCUT2D eigenvalue weighted by Gasteiger charge is -2.35. The molecule has 2 fully saturated rings. The van der Waals surface area contributed by atoms with Gasteiger partial charge in [-0.15, -0.1) is 0 Å². The summed E-state index contributed by atoms with van der Waals surface area (Å²) < 4.78 is 0. The van der Waals surface area contributed by atoms with Gasteiger partial charge < -0.3 is 15.7 Å². The molecule has 5 heteroatoms. The molecule has 0 spiro atoms. The van der Waals surface area contributed by atoms with Crippen LogP contribution in [0.1, 0.15) is 39.0 Å². The number of piperidine rings is 1. The number of nitrogens with one attached hydrogen (secondary N) is 2. The summed E-state index contributed by atoms with van der Waals surface area (Å²) >= 11 is 0. The number of aliphatic hydroxyl groups is 1. The van der Waals surface area contributed by atoms with E-state index < -0.39 is 0 Å². The summed E-state index contributed by atoms with van der Waals surface area (Å²) in [5.74, 6) is 0.150. The molecule has 0 saturated carbocycles. The third-order valence-corrected chi connectivity index (χ3v) is 4.33. The number of rotatable bonds is 5. The minimum Gasteiger partial charge on any atom is -0.396 e. The van der Waals surface area contributed by atoms with Crippen molar-refractivity contribution in [2.24, 2.45) is 0 Å². The number of hydrogen-bond acceptors (Lipinski definition) is 4. The van der Waals surface area contributed by atoms with Gasteiger partial charge >= 0.3 is 0 Å². The molecule has 2 aliphatic heterocycles. The Balaban J connectivity index is 1.88. The Morgan fingerprint density at radius 3 is 2.84 bits per heavy atom. The van der Waals surface area contributed by atoms with Crippen LogP contribution in [-0.4, -0.2) is 60.3 Å². The highest BCUT2D eigenvalue weighted by molar-refractivity contribution is 5.82. The van der Waals surface area contributed by atoms with E-state index in [4.69, 9.17) is 5.11 Å². The first-order chi connectivity index (χ1) is 9.22. The van der Waals surface area contributed by atoms with Gasteiger partial charge in [0.2, 0.25) is 5.91 Å². The van der Waals surface area contributed by atoms with E-state index in [1.165, 1.54) is 0 Å². The van der Waals surface area contributed by atoms with Crippen LogP contribution in [-0.2, 0) is 4.79 Å². The molecular weight excluding hydrogens is 242 g/mol. The normalized spacial score (nSPS) is 27.4. The van der Waals surface area contributed by atoms with Crippen LogP contribution >= 0.6 is 0 Å². The van der Waals surface area contributed by atoms with E-state index in [0.29, 0.717) is 12.5 Å². The van der Waals surface area contributed by atoms with Crippen molar-refractivity contribution >= 4 is 5.91 Å². The Kier molecular flexibility index (Phi) is 5.60. The Hall–Kier alpha value is -0.650. The second-order valence-corrected chi connectivity index (χ2v) is 5.80. The third-order valence-electron chi connectivity index (χ3n) is 4.33. The Labute approximate surface area is 115 Å². The Morgan fingerprint density at radius 1 is 1.42 bits per heavy atom. The monoisotopic (exact) mass is 269 g/mol. The number of amides is 1. The fraction of sp³-hybridized carbons (Fsp3) is 0.929. The molecule has 0 aromatic rings. The van der Waals surface area contributed by atoms with Gasteiger partial charge in [0, 0.05) is 18.7 Å². The number of carbonyl (C=O) groups excluding carboxylic acids is 1. The summed E-state index contributed by atoms with van der Waals surface area (Å²) in [5.41, 5.74) is 0. The molecule has 19 heavy (non-hydrogen) atoms. The largest absolute Gasteiger partial charge is 0.396 e. The maximum absolute atomic E-state index is 12.3. The SMILES string of the molecule is CC(CCO)NC(=O)C1CCCN1C1CCNCC1. The molecule has 0 radical (unpaired) electrons. The molecule has 2 heterocycles. The van der Waals surface area contributed by atoms with Crippen LogP contribution in [0.25, 0.3) is 0 Å². The molecule has 2 saturated heterocycles. The minimum atomic E-state index is 0.0456. The van der Waals surface area contributed by atoms with E-state index in [0.717, 1.165) is 45.3 Å². The molecule has 5 nitrogen and oxygen atoms in total. The second kappa shape index (κ2) is 7.22. The highest BCUT2D eigenvalue weighted by Gasteiger charge is 2.35. The van der Waals surface area contributed by atoms with Gasteiger partial charge in [0.1, 0.15) is 0 Å². The molecule has 2 rings (SSSR count). The van der Waals surface area contributed by atoms with E-state index in [-0.39, 0.29) is 24.6 Å². The van der Waals surface area contributed by atoms with Crippen LogP contribution < -0.4 is 10.6 Å². The van der Waals surface area contributed by atoms with Gasteiger partial charge in [-0.25, -0.2) is 0 Å². The zero-order chi connectivity index (χ0) is 13.7. The van der Waals surface area contributed by atoms with Crippen LogP contribution in [0.3, 0.4) is 0 Å². The molecule has 0 aromatic carbocycles. The number of aliphatic hydroxyl groups excluding tert-OH is 1. The van der Waals surface area contributed by atoms with Gasteiger partial charge in [-0.1, -0.05) is 0 Å². The van der Waals surface area contributed by atoms with Crippen molar-refractivity contribution in [3.8, 4) is 0 Å². The summed E-state index contributed by atoms with van der Waals surface area (Å²) in [6.45, 7) is 5.27. The van der Waals surface area contributed by atoms with Crippen LogP contribution in [0, 0.1) is 0 Å². The van der Waals surface area contributed by atoms with Gasteiger partial charge in [0.05, 0.1) is 6.04 Å². The van der Waals surface area contributed by atoms with Crippen LogP contribution in [0.5, 0.6) is 0 Å². The number of hydrogen-bond donors (Lipinski definition) is 3. The summed E-state index contributed by atoms with van der Waals surface area (Å²) in [4.78, 5) is 14.7. The molecule has 2 unspecified atom stereocenters. The van der Waals surface area contributed by atoms with Crippen molar-refractivity contribution in [3.05, 3.63) is 0 Å². The van der Waals surface area contributed by atoms with Crippen LogP contribution in [0.4, 0.5) is 0 Å². The van der Waals surface area contributed by atoms with E-state index in [1.807, 2.05) is 6.92 Å². The lowest BCUT2D eigenvalue weighted by Crippen LogP contribution is -2.52. The van der Waals surface area contributed by atoms with Gasteiger partial charge in [0.15, 0.2) is 0 Å². The van der Waals surface area contributed by atoms with E-state index in [1.54, 1.807) is 0 Å². The van der Waals surface area contributed by atoms with E-state index in [2.05, 4.69) is 15.5 Å². The minimum absolute atomic E-state index is 0.0456. The lowest BCUT2D eigenvalue weighted by molar-refractivity contribution is -0.127. The molecular formula is C14H27N3O2. The quantitative estimate of drug-likeness (QED) is 0.662. The summed E-state index contributed by atoms with van der Waals surface area (Å²) in [7, 11) is 0. The predicted octanol–water partition coefficient (Wildman–Crippen LogP) is 0.0899. The zero-order valence-electron chi connectivity index (χ0n) is 11.9. The summed E-state index contributed by atoms with van der Waals surface area (Å²) in [6, 6.07) is 0.671. The van der Waals surface area contributed by atoms with E-state index >= 15 is 0 Å². The molecule has 0 aromatic heterocycles. The topological polar surface area (TPSA) is 64.6 Å². The summed E-state index contributed by atoms with van der Waals surface area (Å²) in [5, 5.41) is 15.3. The van der Waals surface area contributed by atoms with Crippen molar-refractivity contribution in [3.63, 3.8) is 0 Å². The highest BCUT2D eigenvalue weighted by atomic mass is 16.3. The zero-order valence-corrected chi connectivity index (χ0v) is 11.9. The fourth-order valence-electron chi connectivity index (χ4n) is 3.25. The number of carbonyl (C=O) groups is 1. The molecule has 1 amide bonds. The number of nitrogens with zero attached hydrogens (tertiary/aromatic N) is 1. The second-order valence-electron chi connectivity index (χ2n) is 5.80. The average Bonchev–Trinajstić information content (AvgIpc) is 2.89. The van der Waals surface area contributed by atoms with Crippen molar-refractivity contribution in [1.82, 2.24) is 15.5 Å². The standard InChI is InChI=1S/C14H27N3O2/c1-11(6-10-18)16-14(19)13-3-2-9-17(13)12-4-7-15-8-5-12/h11-13,15,18H,2-10H2,1H3,(H,16,19).